The van der Waals surface area contributed by atoms with Crippen LogP contribution in [-0.4, -0.2) is 18.6 Å². The number of benzene rings is 1. The normalized spacial score (nSPS) is 24.2. The molecule has 1 aromatic carbocycles. The molecular weight excluding hydrogens is 221 g/mol. The Morgan fingerprint density at radius 1 is 1.31 bits per heavy atom. The molecule has 3 nitrogen and oxygen atoms in total. The van der Waals surface area contributed by atoms with E-state index in [1.165, 1.54) is 24.3 Å². The first-order valence-corrected chi connectivity index (χ1v) is 4.59. The summed E-state index contributed by atoms with van der Waals surface area (Å²) >= 11 is 0. The monoisotopic (exact) mass is 230 g/mol. The maximum absolute atomic E-state index is 12.7. The molecule has 1 atom stereocenters. The van der Waals surface area contributed by atoms with Gasteiger partial charge in [-0.2, -0.15) is 13.2 Å². The summed E-state index contributed by atoms with van der Waals surface area (Å²) in [5, 5.41) is 2.31. The fourth-order valence-electron chi connectivity index (χ4n) is 1.58. The first-order chi connectivity index (χ1) is 7.37. The third kappa shape index (κ3) is 1.55. The molecule has 1 aliphatic rings. The molecule has 3 N–H and O–H groups in total. The Labute approximate surface area is 89.4 Å². The zero-order chi connectivity index (χ0) is 12.0. The Kier molecular flexibility index (Phi) is 2.20. The van der Waals surface area contributed by atoms with Gasteiger partial charge in [0.25, 0.3) is 0 Å². The molecule has 16 heavy (non-hydrogen) atoms. The van der Waals surface area contributed by atoms with E-state index >= 15 is 0 Å². The number of rotatable bonds is 2. The minimum atomic E-state index is -4.33. The van der Waals surface area contributed by atoms with Crippen LogP contribution < -0.4 is 11.1 Å². The molecule has 1 aliphatic heterocycles. The van der Waals surface area contributed by atoms with Gasteiger partial charge in [-0.25, -0.2) is 0 Å². The molecule has 1 unspecified atom stereocenters. The van der Waals surface area contributed by atoms with Gasteiger partial charge in [0.15, 0.2) is 5.54 Å². The molecule has 6 heteroatoms. The highest BCUT2D eigenvalue weighted by molar-refractivity contribution is 5.92. The van der Waals surface area contributed by atoms with Crippen molar-refractivity contribution in [1.82, 2.24) is 5.32 Å². The molecule has 0 aromatic heterocycles. The Bertz CT molecular complexity index is 421. The van der Waals surface area contributed by atoms with E-state index in [1.807, 2.05) is 0 Å². The van der Waals surface area contributed by atoms with Crippen LogP contribution in [0.3, 0.4) is 0 Å². The number of alkyl halides is 3. The summed E-state index contributed by atoms with van der Waals surface area (Å²) in [6.45, 7) is -0.133. The van der Waals surface area contributed by atoms with E-state index in [1.54, 1.807) is 0 Å². The quantitative estimate of drug-likeness (QED) is 0.748. The fourth-order valence-corrected chi connectivity index (χ4v) is 1.58. The van der Waals surface area contributed by atoms with Gasteiger partial charge in [-0.3, -0.25) is 10.1 Å². The highest BCUT2D eigenvalue weighted by Gasteiger charge is 2.64. The minimum absolute atomic E-state index is 0.102. The first kappa shape index (κ1) is 10.9. The number of hydrogen-bond acceptors (Lipinski definition) is 2. The SMILES string of the molecule is NC(=O)c1ccc(C2(C(F)(F)F)CN2)cc1. The van der Waals surface area contributed by atoms with Crippen molar-refractivity contribution >= 4 is 5.91 Å². The lowest BCUT2D eigenvalue weighted by atomic mass is 9.97. The second kappa shape index (κ2) is 3.21. The second-order valence-corrected chi connectivity index (χ2v) is 3.70. The van der Waals surface area contributed by atoms with Crippen LogP contribution in [-0.2, 0) is 5.54 Å². The maximum Gasteiger partial charge on any atom is 0.412 e. The van der Waals surface area contributed by atoms with Crippen molar-refractivity contribution in [3.63, 3.8) is 0 Å². The van der Waals surface area contributed by atoms with Crippen molar-refractivity contribution in [3.8, 4) is 0 Å². The van der Waals surface area contributed by atoms with E-state index < -0.39 is 17.6 Å². The number of nitrogens with two attached hydrogens (primary N) is 1. The van der Waals surface area contributed by atoms with Crippen LogP contribution in [0.4, 0.5) is 13.2 Å². The van der Waals surface area contributed by atoms with Gasteiger partial charge in [0.2, 0.25) is 5.91 Å². The lowest BCUT2D eigenvalue weighted by Gasteiger charge is -2.18. The van der Waals surface area contributed by atoms with Gasteiger partial charge in [-0.1, -0.05) is 12.1 Å². The number of carbonyl (C=O) groups excluding carboxylic acids is 1. The van der Waals surface area contributed by atoms with Crippen LogP contribution in [0.2, 0.25) is 0 Å². The van der Waals surface area contributed by atoms with Crippen molar-refractivity contribution in [2.45, 2.75) is 11.7 Å². The topological polar surface area (TPSA) is 65.0 Å². The zero-order valence-corrected chi connectivity index (χ0v) is 8.14. The predicted octanol–water partition coefficient (Wildman–Crippen LogP) is 1.15. The van der Waals surface area contributed by atoms with Gasteiger partial charge in [0.1, 0.15) is 0 Å². The van der Waals surface area contributed by atoms with E-state index in [4.69, 9.17) is 5.73 Å². The molecule has 0 saturated carbocycles. The van der Waals surface area contributed by atoms with Gasteiger partial charge in [0, 0.05) is 12.1 Å². The molecule has 86 valence electrons. The van der Waals surface area contributed by atoms with Gasteiger partial charge in [-0.05, 0) is 17.7 Å². The Hall–Kier alpha value is -1.56. The van der Waals surface area contributed by atoms with E-state index in [2.05, 4.69) is 5.32 Å². The fraction of sp³-hybridized carbons (Fsp3) is 0.300. The van der Waals surface area contributed by atoms with E-state index in [-0.39, 0.29) is 17.7 Å². The van der Waals surface area contributed by atoms with Gasteiger partial charge in [0.05, 0.1) is 0 Å². The molecule has 1 saturated heterocycles. The van der Waals surface area contributed by atoms with Gasteiger partial charge < -0.3 is 5.73 Å². The summed E-state index contributed by atoms with van der Waals surface area (Å²) < 4.78 is 38.1. The Balaban J connectivity index is 2.33. The molecule has 1 fully saturated rings. The molecule has 1 aromatic rings. The van der Waals surface area contributed by atoms with Gasteiger partial charge in [-0.15, -0.1) is 0 Å². The highest BCUT2D eigenvalue weighted by atomic mass is 19.4. The van der Waals surface area contributed by atoms with Crippen LogP contribution in [0.1, 0.15) is 15.9 Å². The van der Waals surface area contributed by atoms with Crippen molar-refractivity contribution < 1.29 is 18.0 Å². The average molecular weight is 230 g/mol. The maximum atomic E-state index is 12.7. The molecular formula is C10H9F3N2O. The van der Waals surface area contributed by atoms with Crippen LogP contribution in [0.25, 0.3) is 0 Å². The van der Waals surface area contributed by atoms with Crippen molar-refractivity contribution in [1.29, 1.82) is 0 Å². The minimum Gasteiger partial charge on any atom is -0.366 e. The molecule has 2 rings (SSSR count). The van der Waals surface area contributed by atoms with Crippen LogP contribution in [0, 0.1) is 0 Å². The summed E-state index contributed by atoms with van der Waals surface area (Å²) in [4.78, 5) is 10.8. The molecule has 0 bridgehead atoms. The average Bonchev–Trinajstić information content (AvgIpc) is 2.97. The Morgan fingerprint density at radius 2 is 1.81 bits per heavy atom. The number of primary amides is 1. The van der Waals surface area contributed by atoms with Crippen molar-refractivity contribution in [2.75, 3.05) is 6.54 Å². The standard InChI is InChI=1S/C10H9F3N2O/c11-10(12,13)9(5-15-9)7-3-1-6(2-4-7)8(14)16/h1-4,15H,5H2,(H2,14,16). The molecule has 0 radical (unpaired) electrons. The second-order valence-electron chi connectivity index (χ2n) is 3.70. The summed E-state index contributed by atoms with van der Waals surface area (Å²) in [6.07, 6.45) is -4.33. The third-order valence-corrected chi connectivity index (χ3v) is 2.68. The first-order valence-electron chi connectivity index (χ1n) is 4.59. The van der Waals surface area contributed by atoms with Crippen LogP contribution >= 0.6 is 0 Å². The van der Waals surface area contributed by atoms with Crippen molar-refractivity contribution in [3.05, 3.63) is 35.4 Å². The lowest BCUT2D eigenvalue weighted by Crippen LogP contribution is -2.33. The zero-order valence-electron chi connectivity index (χ0n) is 8.14. The summed E-state index contributed by atoms with van der Waals surface area (Å²) in [7, 11) is 0. The third-order valence-electron chi connectivity index (χ3n) is 2.68. The molecule has 1 heterocycles. The van der Waals surface area contributed by atoms with Crippen LogP contribution in [0.5, 0.6) is 0 Å². The Morgan fingerprint density at radius 3 is 2.12 bits per heavy atom. The van der Waals surface area contributed by atoms with Crippen molar-refractivity contribution in [2.24, 2.45) is 5.73 Å². The van der Waals surface area contributed by atoms with E-state index in [0.717, 1.165) is 0 Å². The summed E-state index contributed by atoms with van der Waals surface area (Å²) in [5.74, 6) is -0.656. The number of carbonyl (C=O) groups is 1. The smallest absolute Gasteiger partial charge is 0.366 e. The van der Waals surface area contributed by atoms with E-state index in [0.29, 0.717) is 0 Å². The molecule has 1 amide bonds. The van der Waals surface area contributed by atoms with Crippen LogP contribution in [0.15, 0.2) is 24.3 Å². The number of halogens is 3. The largest absolute Gasteiger partial charge is 0.412 e. The lowest BCUT2D eigenvalue weighted by molar-refractivity contribution is -0.161. The molecule has 0 spiro atoms. The number of amides is 1. The summed E-state index contributed by atoms with van der Waals surface area (Å²) in [5.41, 5.74) is 3.35. The number of hydrogen-bond donors (Lipinski definition) is 2. The van der Waals surface area contributed by atoms with E-state index in [9.17, 15) is 18.0 Å². The van der Waals surface area contributed by atoms with Gasteiger partial charge >= 0.3 is 6.18 Å². The predicted molar refractivity (Wildman–Crippen MR) is 50.7 cm³/mol. The molecule has 0 aliphatic carbocycles. The highest BCUT2D eigenvalue weighted by Crippen LogP contribution is 2.45. The number of nitrogens with one attached hydrogen (secondary N) is 1. The summed E-state index contributed by atoms with van der Waals surface area (Å²) in [6, 6.07) is 5.14.